The third kappa shape index (κ3) is 1.92. The molecule has 0 bridgehead atoms. The molecule has 4 rings (SSSR count). The first-order valence-corrected chi connectivity index (χ1v) is 14.1. The van der Waals surface area contributed by atoms with Crippen molar-refractivity contribution in [2.75, 3.05) is 0 Å². The van der Waals surface area contributed by atoms with Gasteiger partial charge in [-0.05, 0) is 0 Å². The van der Waals surface area contributed by atoms with E-state index < -0.39 is 12.2 Å². The molecular weight excluding hydrogens is 511 g/mol. The Bertz CT molecular complexity index is 1030. The SMILES string of the molecule is ClC(Cl)(Cl)C(Cl)(Cl)[P-]1(Cl)(Cl)(Cl)[n+]2cccc3ccc4ccc[n+]1c4c32. The van der Waals surface area contributed by atoms with Crippen molar-refractivity contribution in [3.05, 3.63) is 48.8 Å². The van der Waals surface area contributed by atoms with E-state index in [9.17, 15) is 0 Å². The van der Waals surface area contributed by atoms with Crippen LogP contribution < -0.4 is 8.68 Å². The fraction of sp³-hybridized carbons (Fsp3) is 0.143. The molecule has 1 aliphatic rings. The van der Waals surface area contributed by atoms with Crippen molar-refractivity contribution in [2.24, 2.45) is 0 Å². The van der Waals surface area contributed by atoms with Crippen LogP contribution >= 0.6 is 96.0 Å². The van der Waals surface area contributed by atoms with Gasteiger partial charge >= 0.3 is 183 Å². The van der Waals surface area contributed by atoms with Gasteiger partial charge in [-0.25, -0.2) is 0 Å². The van der Waals surface area contributed by atoms with Crippen LogP contribution in [0.1, 0.15) is 0 Å². The normalized spacial score (nSPS) is 23.2. The first-order chi connectivity index (χ1) is 11.3. The number of aromatic nitrogens is 2. The van der Waals surface area contributed by atoms with Gasteiger partial charge in [0.25, 0.3) is 0 Å². The fourth-order valence-electron chi connectivity index (χ4n) is 3.29. The van der Waals surface area contributed by atoms with Crippen LogP contribution in [0.25, 0.3) is 21.8 Å². The van der Waals surface area contributed by atoms with E-state index >= 15 is 0 Å². The second-order valence-electron chi connectivity index (χ2n) is 5.87. The summed E-state index contributed by atoms with van der Waals surface area (Å²) in [5, 5.41) is 1.66. The molecule has 2 aromatic heterocycles. The fourth-order valence-corrected chi connectivity index (χ4v) is 13.9. The topological polar surface area (TPSA) is 7.76 Å². The number of halogens is 8. The van der Waals surface area contributed by atoms with E-state index in [2.05, 4.69) is 0 Å². The summed E-state index contributed by atoms with van der Waals surface area (Å²) < 4.78 is -7.53. The molecule has 0 amide bonds. The Morgan fingerprint density at radius 3 is 1.44 bits per heavy atom. The molecule has 0 unspecified atom stereocenters. The average Bonchev–Trinajstić information content (AvgIpc) is 2.70. The van der Waals surface area contributed by atoms with Gasteiger partial charge in [0.2, 0.25) is 0 Å². The van der Waals surface area contributed by atoms with Gasteiger partial charge in [0.05, 0.1) is 0 Å². The van der Waals surface area contributed by atoms with E-state index in [4.69, 9.17) is 91.7 Å². The number of benzene rings is 1. The predicted octanol–water partition coefficient (Wildman–Crippen LogP) is 7.16. The third-order valence-electron chi connectivity index (χ3n) is 4.49. The van der Waals surface area contributed by atoms with Crippen LogP contribution in [0.5, 0.6) is 0 Å². The van der Waals surface area contributed by atoms with Gasteiger partial charge in [-0.15, -0.1) is 0 Å². The number of pyridine rings is 2. The van der Waals surface area contributed by atoms with E-state index in [0.29, 0.717) is 11.0 Å². The Morgan fingerprint density at radius 1 is 0.680 bits per heavy atom. The number of hydrogen-bond acceptors (Lipinski definition) is 0. The summed E-state index contributed by atoms with van der Waals surface area (Å²) in [6.45, 7) is 0. The molecule has 3 heterocycles. The van der Waals surface area contributed by atoms with Crippen LogP contribution in [0.15, 0.2) is 48.8 Å². The summed E-state index contributed by atoms with van der Waals surface area (Å²) in [5.74, 6) is 0. The van der Waals surface area contributed by atoms with Crippen molar-refractivity contribution in [1.82, 2.24) is 0 Å². The van der Waals surface area contributed by atoms with Gasteiger partial charge in [-0.3, -0.25) is 0 Å². The van der Waals surface area contributed by atoms with Gasteiger partial charge in [-0.2, -0.15) is 0 Å². The van der Waals surface area contributed by atoms with Crippen LogP contribution in [0.4, 0.5) is 0 Å². The van der Waals surface area contributed by atoms with E-state index in [0.717, 1.165) is 10.8 Å². The molecule has 3 aromatic rings. The number of nitrogens with zero attached hydrogens (tertiary/aromatic N) is 2. The van der Waals surface area contributed by atoms with E-state index in [1.54, 1.807) is 24.5 Å². The van der Waals surface area contributed by atoms with E-state index in [1.165, 1.54) is 8.68 Å². The molecule has 0 saturated heterocycles. The second kappa shape index (κ2) is 4.85. The van der Waals surface area contributed by atoms with Crippen molar-refractivity contribution in [2.45, 2.75) is 7.87 Å². The zero-order chi connectivity index (χ0) is 18.5. The first-order valence-electron chi connectivity index (χ1n) is 6.86. The number of hydrogen-bond donors (Lipinski definition) is 0. The van der Waals surface area contributed by atoms with Crippen LogP contribution in [0.2, 0.25) is 0 Å². The summed E-state index contributed by atoms with van der Waals surface area (Å²) in [5.41, 5.74) is 1.30. The van der Waals surface area contributed by atoms with Crippen molar-refractivity contribution < 1.29 is 8.68 Å². The molecular formula is C14H8Cl8N2P+. The maximum atomic E-state index is 7.14. The zero-order valence-electron chi connectivity index (χ0n) is 12.0. The Balaban J connectivity index is 2.38. The zero-order valence-corrected chi connectivity index (χ0v) is 18.9. The standard InChI is InChI=1S/C14H8Cl8N2P/c15-13(16,17)14(18,19)25(20,21,22)23-7-1-3-9-5-6-10-4-2-8-24(25)12(10)11(9)23/h1-8H/q+1. The quantitative estimate of drug-likeness (QED) is 0.183. The molecule has 1 aromatic carbocycles. The first kappa shape index (κ1) is 19.1. The summed E-state index contributed by atoms with van der Waals surface area (Å²) in [6.07, 6.45) is 3.18. The molecule has 134 valence electrons. The van der Waals surface area contributed by atoms with E-state index in [-0.39, 0.29) is 0 Å². The monoisotopic (exact) mass is 515 g/mol. The third-order valence-corrected chi connectivity index (χ3v) is 20.0. The van der Waals surface area contributed by atoms with Crippen LogP contribution in [-0.2, 0) is 0 Å². The minimum absolute atomic E-state index is 0.649. The van der Waals surface area contributed by atoms with Gasteiger partial charge < -0.3 is 0 Å². The molecule has 0 radical (unpaired) electrons. The summed E-state index contributed by atoms with van der Waals surface area (Å²) >= 11 is 52.9. The molecule has 0 fully saturated rings. The molecule has 11 heteroatoms. The van der Waals surface area contributed by atoms with Crippen molar-refractivity contribution in [1.29, 1.82) is 0 Å². The van der Waals surface area contributed by atoms with Gasteiger partial charge in [0.15, 0.2) is 0 Å². The average molecular weight is 519 g/mol. The number of alkyl halides is 5. The van der Waals surface area contributed by atoms with Gasteiger partial charge in [-0.1, -0.05) is 0 Å². The van der Waals surface area contributed by atoms with Crippen molar-refractivity contribution in [3.63, 3.8) is 0 Å². The summed E-state index contributed by atoms with van der Waals surface area (Å²) in [6, 6.07) is 11.0. The molecule has 2 nitrogen and oxygen atoms in total. The molecule has 1 aliphatic heterocycles. The van der Waals surface area contributed by atoms with Gasteiger partial charge in [0.1, 0.15) is 0 Å². The van der Waals surface area contributed by atoms with Gasteiger partial charge in [0, 0.05) is 0 Å². The summed E-state index contributed by atoms with van der Waals surface area (Å²) in [7, 11) is 0. The number of rotatable bonds is 1. The summed E-state index contributed by atoms with van der Waals surface area (Å²) in [4.78, 5) is 0. The molecule has 25 heavy (non-hydrogen) atoms. The Morgan fingerprint density at radius 2 is 1.08 bits per heavy atom. The maximum absolute atomic E-state index is 7.14. The molecule has 0 N–H and O–H groups in total. The van der Waals surface area contributed by atoms with Crippen molar-refractivity contribution >= 4 is 118 Å². The molecule has 0 atom stereocenters. The Hall–Kier alpha value is 0.790. The minimum atomic E-state index is -5.73. The Labute approximate surface area is 182 Å². The van der Waals surface area contributed by atoms with Crippen LogP contribution in [0, 0.1) is 0 Å². The molecule has 0 aliphatic carbocycles. The predicted molar refractivity (Wildman–Crippen MR) is 112 cm³/mol. The van der Waals surface area contributed by atoms with Crippen LogP contribution in [0.3, 0.4) is 0 Å². The van der Waals surface area contributed by atoms with E-state index in [1.807, 2.05) is 24.3 Å². The van der Waals surface area contributed by atoms with Crippen molar-refractivity contribution in [3.8, 4) is 0 Å². The van der Waals surface area contributed by atoms with Crippen LogP contribution in [-0.4, -0.2) is 7.87 Å². The molecule has 0 spiro atoms. The molecule has 0 saturated carbocycles. The Kier molecular flexibility index (Phi) is 3.71. The second-order valence-corrected chi connectivity index (χ2v) is 22.8.